The second-order valence-corrected chi connectivity index (χ2v) is 25.1. The number of nitrogens with zero attached hydrogens (tertiary/aromatic N) is 2. The maximum Gasteiger partial charge on any atom is 0.252 e. The van der Waals surface area contributed by atoms with Crippen molar-refractivity contribution in [3.05, 3.63) is 172 Å². The van der Waals surface area contributed by atoms with E-state index in [0.717, 1.165) is 0 Å². The maximum atomic E-state index is 2.70. The molecule has 0 spiro atoms. The first-order valence-corrected chi connectivity index (χ1v) is 25.5. The van der Waals surface area contributed by atoms with Crippen LogP contribution in [-0.2, 0) is 27.1 Å². The van der Waals surface area contributed by atoms with E-state index >= 15 is 0 Å². The van der Waals surface area contributed by atoms with Crippen LogP contribution in [0, 0.1) is 20.8 Å². The van der Waals surface area contributed by atoms with Crippen LogP contribution in [0.15, 0.2) is 127 Å². The van der Waals surface area contributed by atoms with Gasteiger partial charge in [-0.1, -0.05) is 160 Å². The minimum absolute atomic E-state index is 0.0324. The summed E-state index contributed by atoms with van der Waals surface area (Å²) < 4.78 is 0. The third kappa shape index (κ3) is 7.12. The van der Waals surface area contributed by atoms with Gasteiger partial charge in [-0.05, 0) is 200 Å². The molecule has 2 nitrogen and oxygen atoms in total. The van der Waals surface area contributed by atoms with Gasteiger partial charge in [0.05, 0.1) is 0 Å². The molecular formula is C65H71BN2. The van der Waals surface area contributed by atoms with Crippen LogP contribution in [0.3, 0.4) is 0 Å². The van der Waals surface area contributed by atoms with Gasteiger partial charge in [0.2, 0.25) is 0 Å². The average molecular weight is 891 g/mol. The molecule has 0 atom stereocenters. The molecule has 2 heterocycles. The fraction of sp³-hybridized carbons (Fsp3) is 0.354. The summed E-state index contributed by atoms with van der Waals surface area (Å²) in [6, 6.07) is 50.8. The summed E-state index contributed by atoms with van der Waals surface area (Å²) in [5.74, 6) is 0. The fourth-order valence-corrected chi connectivity index (χ4v) is 12.5. The second kappa shape index (κ2) is 15.1. The highest BCUT2D eigenvalue weighted by Gasteiger charge is 2.47. The zero-order chi connectivity index (χ0) is 48.0. The predicted molar refractivity (Wildman–Crippen MR) is 295 cm³/mol. The highest BCUT2D eigenvalue weighted by atomic mass is 15.2. The Kier molecular flexibility index (Phi) is 9.93. The molecule has 7 aromatic rings. The summed E-state index contributed by atoms with van der Waals surface area (Å²) in [6.45, 7) is 33.6. The Balaban J connectivity index is 1.25. The van der Waals surface area contributed by atoms with Crippen molar-refractivity contribution in [3.8, 4) is 22.3 Å². The van der Waals surface area contributed by atoms with E-state index in [9.17, 15) is 0 Å². The third-order valence-corrected chi connectivity index (χ3v) is 17.1. The monoisotopic (exact) mass is 891 g/mol. The Bertz CT molecular complexity index is 3130. The summed E-state index contributed by atoms with van der Waals surface area (Å²) >= 11 is 0. The van der Waals surface area contributed by atoms with Gasteiger partial charge in [0, 0.05) is 34.1 Å². The van der Waals surface area contributed by atoms with Crippen LogP contribution in [0.1, 0.15) is 146 Å². The summed E-state index contributed by atoms with van der Waals surface area (Å²) in [6.07, 6.45) is 4.73. The fourth-order valence-electron chi connectivity index (χ4n) is 12.5. The lowest BCUT2D eigenvalue weighted by atomic mass is 9.33. The van der Waals surface area contributed by atoms with Gasteiger partial charge in [0.1, 0.15) is 0 Å². The normalized spacial score (nSPS) is 18.0. The second-order valence-electron chi connectivity index (χ2n) is 25.1. The van der Waals surface area contributed by atoms with E-state index in [4.69, 9.17) is 0 Å². The Hall–Kier alpha value is -5.80. The van der Waals surface area contributed by atoms with E-state index < -0.39 is 0 Å². The summed E-state index contributed by atoms with van der Waals surface area (Å²) in [7, 11) is 0. The van der Waals surface area contributed by atoms with Crippen LogP contribution in [0.4, 0.5) is 34.1 Å². The smallest absolute Gasteiger partial charge is 0.252 e. The maximum absolute atomic E-state index is 2.70. The number of anilines is 6. The molecule has 0 fully saturated rings. The van der Waals surface area contributed by atoms with Crippen molar-refractivity contribution in [2.45, 2.75) is 150 Å². The van der Waals surface area contributed by atoms with E-state index in [-0.39, 0.29) is 33.8 Å². The Morgan fingerprint density at radius 1 is 0.382 bits per heavy atom. The van der Waals surface area contributed by atoms with Gasteiger partial charge in [0.25, 0.3) is 6.71 Å². The molecule has 0 saturated heterocycles. The van der Waals surface area contributed by atoms with Crippen molar-refractivity contribution >= 4 is 57.2 Å². The van der Waals surface area contributed by atoms with Crippen molar-refractivity contribution in [2.75, 3.05) is 9.80 Å². The predicted octanol–water partition coefficient (Wildman–Crippen LogP) is 16.0. The van der Waals surface area contributed by atoms with Crippen molar-refractivity contribution in [2.24, 2.45) is 0 Å². The van der Waals surface area contributed by atoms with E-state index in [0.29, 0.717) is 0 Å². The number of fused-ring (bicyclic) bond motifs is 6. The molecule has 0 radical (unpaired) electrons. The topological polar surface area (TPSA) is 6.48 Å². The first kappa shape index (κ1) is 44.7. The standard InChI is InChI=1S/C65H71BN2/c1-40-15-19-43(20-16-40)45-33-46(44-21-17-41(2)18-22-44)35-49(34-45)68-56-26-23-47(61(4,5)6)36-54(56)66-55-38-52-53(65(13,14)30-29-64(52,11)12)39-57(55)67(58-31-42(3)32-59(68)60(58)66)48-24-25-50-51(37-48)63(9,10)28-27-62(50,7)8/h15-26,31-39H,27-30H2,1-14H3. The zero-order valence-corrected chi connectivity index (χ0v) is 43.4. The Morgan fingerprint density at radius 2 is 0.853 bits per heavy atom. The highest BCUT2D eigenvalue weighted by Crippen LogP contribution is 2.53. The van der Waals surface area contributed by atoms with Crippen LogP contribution < -0.4 is 26.2 Å². The van der Waals surface area contributed by atoms with E-state index in [1.54, 1.807) is 0 Å². The number of benzene rings is 7. The van der Waals surface area contributed by atoms with Gasteiger partial charge in [-0.3, -0.25) is 0 Å². The molecule has 68 heavy (non-hydrogen) atoms. The van der Waals surface area contributed by atoms with Gasteiger partial charge in [-0.25, -0.2) is 0 Å². The Labute approximate surface area is 408 Å². The lowest BCUT2D eigenvalue weighted by molar-refractivity contribution is 0.332. The molecular weight excluding hydrogens is 820 g/mol. The molecule has 11 rings (SSSR count). The summed E-state index contributed by atoms with van der Waals surface area (Å²) in [5, 5.41) is 0. The molecule has 0 aromatic heterocycles. The number of rotatable bonds is 4. The minimum atomic E-state index is -0.0324. The first-order chi connectivity index (χ1) is 32.0. The van der Waals surface area contributed by atoms with Crippen LogP contribution in [0.5, 0.6) is 0 Å². The van der Waals surface area contributed by atoms with Crippen molar-refractivity contribution in [1.29, 1.82) is 0 Å². The number of hydrogen-bond donors (Lipinski definition) is 0. The minimum Gasteiger partial charge on any atom is -0.311 e. The Morgan fingerprint density at radius 3 is 1.38 bits per heavy atom. The largest absolute Gasteiger partial charge is 0.311 e. The molecule has 4 aliphatic rings. The molecule has 0 amide bonds. The summed E-state index contributed by atoms with van der Waals surface area (Å²) in [4.78, 5) is 5.33. The summed E-state index contributed by atoms with van der Waals surface area (Å²) in [5.41, 5.74) is 28.2. The molecule has 2 aliphatic carbocycles. The van der Waals surface area contributed by atoms with E-state index in [1.165, 1.54) is 143 Å². The molecule has 3 heteroatoms. The molecule has 0 unspecified atom stereocenters. The van der Waals surface area contributed by atoms with Crippen molar-refractivity contribution < 1.29 is 0 Å². The number of hydrogen-bond acceptors (Lipinski definition) is 2. The quantitative estimate of drug-likeness (QED) is 0.162. The van der Waals surface area contributed by atoms with Crippen molar-refractivity contribution in [1.82, 2.24) is 0 Å². The molecule has 0 bridgehead atoms. The first-order valence-electron chi connectivity index (χ1n) is 25.5. The van der Waals surface area contributed by atoms with Crippen LogP contribution >= 0.6 is 0 Å². The van der Waals surface area contributed by atoms with Crippen LogP contribution in [0.2, 0.25) is 0 Å². The van der Waals surface area contributed by atoms with Gasteiger partial charge >= 0.3 is 0 Å². The molecule has 0 saturated carbocycles. The number of aryl methyl sites for hydroxylation is 3. The lowest BCUT2D eigenvalue weighted by Crippen LogP contribution is -2.62. The highest BCUT2D eigenvalue weighted by molar-refractivity contribution is 7.00. The van der Waals surface area contributed by atoms with Crippen LogP contribution in [0.25, 0.3) is 22.3 Å². The van der Waals surface area contributed by atoms with E-state index in [2.05, 4.69) is 234 Å². The molecule has 344 valence electrons. The third-order valence-electron chi connectivity index (χ3n) is 17.1. The van der Waals surface area contributed by atoms with Gasteiger partial charge < -0.3 is 9.80 Å². The van der Waals surface area contributed by atoms with Crippen molar-refractivity contribution in [3.63, 3.8) is 0 Å². The zero-order valence-electron chi connectivity index (χ0n) is 43.4. The van der Waals surface area contributed by atoms with Gasteiger partial charge in [0.15, 0.2) is 0 Å². The molecule has 2 aliphatic heterocycles. The van der Waals surface area contributed by atoms with Gasteiger partial charge in [-0.15, -0.1) is 0 Å². The lowest BCUT2D eigenvalue weighted by Gasteiger charge is -2.48. The average Bonchev–Trinajstić information content (AvgIpc) is 3.28. The SMILES string of the molecule is Cc1ccc(-c2cc(-c3ccc(C)cc3)cc(N3c4ccc(C(C)(C)C)cc4B4c5cc6c(cc5N(c5ccc7c(c5)C(C)(C)CCC7(C)C)c5cc(C)cc3c54)C(C)(C)CCC6(C)C)c2)cc1. The van der Waals surface area contributed by atoms with Crippen LogP contribution in [-0.4, -0.2) is 6.71 Å². The van der Waals surface area contributed by atoms with E-state index in [1.807, 2.05) is 0 Å². The van der Waals surface area contributed by atoms with Gasteiger partial charge in [-0.2, -0.15) is 0 Å². The molecule has 7 aromatic carbocycles. The molecule has 0 N–H and O–H groups in total.